The van der Waals surface area contributed by atoms with Gasteiger partial charge in [-0.05, 0) is 35.6 Å². The topological polar surface area (TPSA) is 73.3 Å². The average Bonchev–Trinajstić information content (AvgIpc) is 2.91. The van der Waals surface area contributed by atoms with E-state index in [9.17, 15) is 10.1 Å². The molecule has 0 amide bonds. The molecule has 0 radical (unpaired) electrons. The normalized spacial score (nSPS) is 11.3. The van der Waals surface area contributed by atoms with E-state index in [0.717, 1.165) is 27.5 Å². The van der Waals surface area contributed by atoms with Gasteiger partial charge in [-0.25, -0.2) is 9.66 Å². The molecule has 2 aromatic carbocycles. The minimum absolute atomic E-state index is 0.0671. The summed E-state index contributed by atoms with van der Waals surface area (Å²) in [6.07, 6.45) is 1.68. The number of benzene rings is 2. The summed E-state index contributed by atoms with van der Waals surface area (Å²) >= 11 is 1.62. The lowest BCUT2D eigenvalue weighted by molar-refractivity contribution is -0.384. The van der Waals surface area contributed by atoms with Crippen molar-refractivity contribution in [1.82, 2.24) is 9.66 Å². The van der Waals surface area contributed by atoms with Crippen molar-refractivity contribution >= 4 is 34.7 Å². The summed E-state index contributed by atoms with van der Waals surface area (Å²) < 4.78 is 1.80. The fourth-order valence-corrected chi connectivity index (χ4v) is 2.82. The predicted molar refractivity (Wildman–Crippen MR) is 92.2 cm³/mol. The van der Waals surface area contributed by atoms with Crippen molar-refractivity contribution in [3.05, 3.63) is 64.2 Å². The summed E-state index contributed by atoms with van der Waals surface area (Å²) in [7, 11) is 0. The van der Waals surface area contributed by atoms with Gasteiger partial charge < -0.3 is 0 Å². The molecule has 0 unspecified atom stereocenters. The average molecular weight is 326 g/mol. The second-order valence-electron chi connectivity index (χ2n) is 4.72. The van der Waals surface area contributed by atoms with Crippen molar-refractivity contribution in [3.63, 3.8) is 0 Å². The number of rotatable bonds is 5. The number of nitro benzene ring substituents is 1. The number of thioether (sulfide) groups is 1. The summed E-state index contributed by atoms with van der Waals surface area (Å²) in [6.45, 7) is 2.06. The van der Waals surface area contributed by atoms with E-state index in [1.54, 1.807) is 34.8 Å². The fraction of sp³-hybridized carbons (Fsp3) is 0.125. The lowest BCUT2D eigenvalue weighted by Crippen LogP contribution is -1.94. The molecule has 0 aliphatic heterocycles. The molecular formula is C16H14N4O2S. The Kier molecular flexibility index (Phi) is 4.38. The van der Waals surface area contributed by atoms with Crippen molar-refractivity contribution in [2.24, 2.45) is 5.10 Å². The Bertz CT molecular complexity index is 871. The summed E-state index contributed by atoms with van der Waals surface area (Å²) in [5.41, 5.74) is 2.68. The first-order valence-electron chi connectivity index (χ1n) is 7.08. The minimum Gasteiger partial charge on any atom is -0.258 e. The third kappa shape index (κ3) is 3.24. The van der Waals surface area contributed by atoms with Gasteiger partial charge in [-0.3, -0.25) is 10.1 Å². The van der Waals surface area contributed by atoms with Gasteiger partial charge >= 0.3 is 0 Å². The molecule has 6 nitrogen and oxygen atoms in total. The van der Waals surface area contributed by atoms with Crippen LogP contribution in [0.5, 0.6) is 0 Å². The van der Waals surface area contributed by atoms with Crippen LogP contribution in [0.4, 0.5) is 5.69 Å². The molecule has 0 saturated carbocycles. The number of nitrogens with zero attached hydrogens (tertiary/aromatic N) is 4. The van der Waals surface area contributed by atoms with Crippen LogP contribution in [-0.4, -0.2) is 26.6 Å². The van der Waals surface area contributed by atoms with Crippen LogP contribution in [0.25, 0.3) is 11.0 Å². The monoisotopic (exact) mass is 326 g/mol. The zero-order valence-electron chi connectivity index (χ0n) is 12.4. The molecular weight excluding hydrogens is 312 g/mol. The second kappa shape index (κ2) is 6.62. The number of non-ortho nitro benzene ring substituents is 1. The molecule has 0 saturated heterocycles. The van der Waals surface area contributed by atoms with Crippen LogP contribution < -0.4 is 0 Å². The molecule has 0 aliphatic carbocycles. The van der Waals surface area contributed by atoms with Crippen LogP contribution in [0.1, 0.15) is 12.5 Å². The predicted octanol–water partition coefficient (Wildman–Crippen LogP) is 3.94. The van der Waals surface area contributed by atoms with Crippen LogP contribution in [0.3, 0.4) is 0 Å². The minimum atomic E-state index is -0.416. The molecule has 0 spiro atoms. The fourth-order valence-electron chi connectivity index (χ4n) is 2.13. The Hall–Kier alpha value is -2.67. The highest BCUT2D eigenvalue weighted by atomic mass is 32.2. The SMILES string of the molecule is CCSc1nc2ccccc2n1N=Cc1ccc([N+](=O)[O-])cc1. The maximum absolute atomic E-state index is 10.7. The van der Waals surface area contributed by atoms with E-state index < -0.39 is 4.92 Å². The zero-order valence-corrected chi connectivity index (χ0v) is 13.2. The smallest absolute Gasteiger partial charge is 0.258 e. The maximum Gasteiger partial charge on any atom is 0.269 e. The summed E-state index contributed by atoms with van der Waals surface area (Å²) in [6, 6.07) is 14.1. The van der Waals surface area contributed by atoms with Crippen molar-refractivity contribution in [3.8, 4) is 0 Å². The number of imidazole rings is 1. The van der Waals surface area contributed by atoms with Gasteiger partial charge in [-0.1, -0.05) is 30.8 Å². The highest BCUT2D eigenvalue weighted by Crippen LogP contribution is 2.23. The highest BCUT2D eigenvalue weighted by Gasteiger charge is 2.09. The molecule has 0 atom stereocenters. The summed E-state index contributed by atoms with van der Waals surface area (Å²) in [5, 5.41) is 16.0. The van der Waals surface area contributed by atoms with E-state index in [1.165, 1.54) is 12.1 Å². The Morgan fingerprint density at radius 2 is 2.00 bits per heavy atom. The van der Waals surface area contributed by atoms with Crippen LogP contribution in [0.15, 0.2) is 58.8 Å². The van der Waals surface area contributed by atoms with Crippen LogP contribution in [0.2, 0.25) is 0 Å². The first kappa shape index (κ1) is 15.2. The van der Waals surface area contributed by atoms with Gasteiger partial charge in [0.05, 0.1) is 22.2 Å². The number of para-hydroxylation sites is 2. The van der Waals surface area contributed by atoms with E-state index in [4.69, 9.17) is 0 Å². The number of hydrogen-bond donors (Lipinski definition) is 0. The number of aromatic nitrogens is 2. The molecule has 1 aromatic heterocycles. The molecule has 23 heavy (non-hydrogen) atoms. The highest BCUT2D eigenvalue weighted by molar-refractivity contribution is 7.99. The van der Waals surface area contributed by atoms with Crippen LogP contribution in [-0.2, 0) is 0 Å². The van der Waals surface area contributed by atoms with Crippen molar-refractivity contribution < 1.29 is 4.92 Å². The first-order valence-corrected chi connectivity index (χ1v) is 8.06. The van der Waals surface area contributed by atoms with Crippen LogP contribution >= 0.6 is 11.8 Å². The Morgan fingerprint density at radius 3 is 2.70 bits per heavy atom. The van der Waals surface area contributed by atoms with Gasteiger partial charge in [-0.15, -0.1) is 0 Å². The number of nitro groups is 1. The van der Waals surface area contributed by atoms with Gasteiger partial charge in [-0.2, -0.15) is 5.10 Å². The van der Waals surface area contributed by atoms with Crippen LogP contribution in [0, 0.1) is 10.1 Å². The molecule has 116 valence electrons. The van der Waals surface area contributed by atoms with Gasteiger partial charge in [0.1, 0.15) is 0 Å². The standard InChI is InChI=1S/C16H14N4O2S/c1-2-23-16-18-14-5-3-4-6-15(14)19(16)17-11-12-7-9-13(10-8-12)20(21)22/h3-11H,2H2,1H3. The van der Waals surface area contributed by atoms with Crippen molar-refractivity contribution in [2.45, 2.75) is 12.1 Å². The van der Waals surface area contributed by atoms with Gasteiger partial charge in [0.15, 0.2) is 5.16 Å². The van der Waals surface area contributed by atoms with Gasteiger partial charge in [0.2, 0.25) is 0 Å². The lowest BCUT2D eigenvalue weighted by Gasteiger charge is -2.01. The summed E-state index contributed by atoms with van der Waals surface area (Å²) in [5.74, 6) is 0.899. The van der Waals surface area contributed by atoms with Crippen molar-refractivity contribution in [2.75, 3.05) is 5.75 Å². The van der Waals surface area contributed by atoms with E-state index >= 15 is 0 Å². The second-order valence-corrected chi connectivity index (χ2v) is 5.95. The molecule has 3 aromatic rings. The maximum atomic E-state index is 10.7. The number of hydrogen-bond acceptors (Lipinski definition) is 5. The van der Waals surface area contributed by atoms with E-state index in [1.807, 2.05) is 24.3 Å². The Morgan fingerprint density at radius 1 is 1.26 bits per heavy atom. The third-order valence-electron chi connectivity index (χ3n) is 3.21. The van der Waals surface area contributed by atoms with Gasteiger partial charge in [0.25, 0.3) is 5.69 Å². The molecule has 0 fully saturated rings. The van der Waals surface area contributed by atoms with E-state index in [0.29, 0.717) is 0 Å². The zero-order chi connectivity index (χ0) is 16.2. The van der Waals surface area contributed by atoms with Gasteiger partial charge in [0, 0.05) is 12.1 Å². The largest absolute Gasteiger partial charge is 0.269 e. The molecule has 0 bridgehead atoms. The summed E-state index contributed by atoms with van der Waals surface area (Å²) in [4.78, 5) is 14.8. The lowest BCUT2D eigenvalue weighted by atomic mass is 10.2. The third-order valence-corrected chi connectivity index (χ3v) is 4.02. The van der Waals surface area contributed by atoms with E-state index in [2.05, 4.69) is 17.0 Å². The Labute approximate surface area is 137 Å². The molecule has 0 aliphatic rings. The molecule has 7 heteroatoms. The Balaban J connectivity index is 1.96. The first-order chi connectivity index (χ1) is 11.2. The molecule has 1 heterocycles. The quantitative estimate of drug-likeness (QED) is 0.308. The molecule has 0 N–H and O–H groups in total. The number of fused-ring (bicyclic) bond motifs is 1. The van der Waals surface area contributed by atoms with E-state index in [-0.39, 0.29) is 5.69 Å². The molecule has 3 rings (SSSR count). The van der Waals surface area contributed by atoms with Crippen molar-refractivity contribution in [1.29, 1.82) is 0 Å².